The molecular formula is C47H46O8. The topological polar surface area (TPSA) is 73.8 Å². The third-order valence-electron chi connectivity index (χ3n) is 9.63. The summed E-state index contributed by atoms with van der Waals surface area (Å²) in [5, 5.41) is 0. The fraction of sp³-hybridized carbons (Fsp3) is 0.234. The van der Waals surface area contributed by atoms with Crippen molar-refractivity contribution < 1.29 is 37.9 Å². The summed E-state index contributed by atoms with van der Waals surface area (Å²) in [4.78, 5) is 0. The van der Waals surface area contributed by atoms with E-state index in [0.717, 1.165) is 65.9 Å². The lowest BCUT2D eigenvalue weighted by molar-refractivity contribution is 0.171. The van der Waals surface area contributed by atoms with Gasteiger partial charge in [0.25, 0.3) is 0 Å². The average molecular weight is 739 g/mol. The van der Waals surface area contributed by atoms with Gasteiger partial charge < -0.3 is 37.9 Å². The zero-order valence-corrected chi connectivity index (χ0v) is 31.8. The monoisotopic (exact) mass is 738 g/mol. The van der Waals surface area contributed by atoms with Crippen molar-refractivity contribution >= 4 is 0 Å². The smallest absolute Gasteiger partial charge is 0.231 e. The summed E-state index contributed by atoms with van der Waals surface area (Å²) >= 11 is 0. The lowest BCUT2D eigenvalue weighted by Crippen LogP contribution is -2.00. The molecule has 0 fully saturated rings. The second kappa shape index (κ2) is 17.7. The first-order valence-corrected chi connectivity index (χ1v) is 18.5. The molecule has 0 saturated carbocycles. The largest absolute Gasteiger partial charge is 0.497 e. The molecule has 282 valence electrons. The minimum Gasteiger partial charge on any atom is -0.497 e. The van der Waals surface area contributed by atoms with Gasteiger partial charge in [-0.1, -0.05) is 48.5 Å². The van der Waals surface area contributed by atoms with Crippen molar-refractivity contribution in [2.24, 2.45) is 0 Å². The molecule has 0 aliphatic carbocycles. The average Bonchev–Trinajstić information content (AvgIpc) is 3.71. The summed E-state index contributed by atoms with van der Waals surface area (Å²) in [6.07, 6.45) is 4.87. The van der Waals surface area contributed by atoms with E-state index in [1.807, 2.05) is 72.8 Å². The molecule has 8 nitrogen and oxygen atoms in total. The van der Waals surface area contributed by atoms with Gasteiger partial charge in [-0.3, -0.25) is 0 Å². The molecular weight excluding hydrogens is 693 g/mol. The normalized spacial score (nSPS) is 11.6. The fourth-order valence-corrected chi connectivity index (χ4v) is 6.76. The van der Waals surface area contributed by atoms with Crippen LogP contribution in [0, 0.1) is 0 Å². The van der Waals surface area contributed by atoms with E-state index in [4.69, 9.17) is 37.9 Å². The molecule has 0 N–H and O–H groups in total. The third-order valence-corrected chi connectivity index (χ3v) is 9.63. The second-order valence-electron chi connectivity index (χ2n) is 13.4. The number of fused-ring (bicyclic) bond motifs is 1. The SMILES string of the molecule is COc1cccc(CCc2cccc(Oc3cc(CCc4cc(OC)c5c(c4)OCO5)cc(Oc4cccc(CCc5cccc(OC)c5)c4)c3OC)c2)c1. The first-order chi connectivity index (χ1) is 27.0. The lowest BCUT2D eigenvalue weighted by atomic mass is 10.0. The van der Waals surface area contributed by atoms with Gasteiger partial charge in [0, 0.05) is 0 Å². The summed E-state index contributed by atoms with van der Waals surface area (Å²) in [6.45, 7) is 0.180. The fourth-order valence-electron chi connectivity index (χ4n) is 6.76. The van der Waals surface area contributed by atoms with Crippen LogP contribution >= 0.6 is 0 Å². The van der Waals surface area contributed by atoms with Crippen LogP contribution in [0.5, 0.6) is 57.5 Å². The highest BCUT2D eigenvalue weighted by molar-refractivity contribution is 5.58. The third kappa shape index (κ3) is 9.45. The van der Waals surface area contributed by atoms with Gasteiger partial charge in [0.1, 0.15) is 23.0 Å². The summed E-state index contributed by atoms with van der Waals surface area (Å²) in [5.41, 5.74) is 6.83. The maximum atomic E-state index is 6.64. The maximum Gasteiger partial charge on any atom is 0.231 e. The van der Waals surface area contributed by atoms with Crippen LogP contribution < -0.4 is 37.9 Å². The minimum atomic E-state index is 0.180. The highest BCUT2D eigenvalue weighted by Crippen LogP contribution is 2.45. The number of hydrogen-bond donors (Lipinski definition) is 0. The number of rotatable bonds is 17. The van der Waals surface area contributed by atoms with E-state index in [9.17, 15) is 0 Å². The summed E-state index contributed by atoms with van der Waals surface area (Å²) in [7, 11) is 6.66. The van der Waals surface area contributed by atoms with E-state index in [1.54, 1.807) is 28.4 Å². The predicted octanol–water partition coefficient (Wildman–Crippen LogP) is 10.4. The molecule has 6 aromatic carbocycles. The molecule has 6 aromatic rings. The summed E-state index contributed by atoms with van der Waals surface area (Å²) in [5.74, 6) is 6.77. The van der Waals surface area contributed by atoms with E-state index >= 15 is 0 Å². The van der Waals surface area contributed by atoms with Gasteiger partial charge in [0.05, 0.1) is 28.4 Å². The molecule has 0 spiro atoms. The first kappa shape index (κ1) is 37.1. The molecule has 0 saturated heterocycles. The minimum absolute atomic E-state index is 0.180. The van der Waals surface area contributed by atoms with Crippen molar-refractivity contribution in [1.82, 2.24) is 0 Å². The molecule has 0 radical (unpaired) electrons. The number of methoxy groups -OCH3 is 4. The standard InChI is InChI=1S/C47H46O8/c1-48-38-13-5-9-32(23-38)17-19-34-11-7-15-40(25-34)54-44-29-37(22-21-36-27-42(50-3)47-43(28-36)52-31-53-47)30-45(46(44)51-4)55-41-16-8-12-35(26-41)20-18-33-10-6-14-39(24-33)49-2/h5-16,23-30H,17-22,31H2,1-4H3. The van der Waals surface area contributed by atoms with Gasteiger partial charge in [-0.25, -0.2) is 0 Å². The zero-order chi connectivity index (χ0) is 38.0. The Balaban J connectivity index is 1.15. The zero-order valence-electron chi connectivity index (χ0n) is 31.8. The van der Waals surface area contributed by atoms with Crippen molar-refractivity contribution in [2.75, 3.05) is 35.2 Å². The Morgan fingerprint density at radius 3 is 1.27 bits per heavy atom. The highest BCUT2D eigenvalue weighted by Gasteiger charge is 2.21. The van der Waals surface area contributed by atoms with Crippen LogP contribution in [0.2, 0.25) is 0 Å². The van der Waals surface area contributed by atoms with Crippen LogP contribution in [0.1, 0.15) is 33.4 Å². The van der Waals surface area contributed by atoms with Crippen molar-refractivity contribution in [2.45, 2.75) is 38.5 Å². The van der Waals surface area contributed by atoms with Crippen LogP contribution in [0.4, 0.5) is 0 Å². The molecule has 7 rings (SSSR count). The summed E-state index contributed by atoms with van der Waals surface area (Å²) in [6, 6.07) is 40.8. The maximum absolute atomic E-state index is 6.64. The highest BCUT2D eigenvalue weighted by atomic mass is 16.7. The predicted molar refractivity (Wildman–Crippen MR) is 213 cm³/mol. The van der Waals surface area contributed by atoms with Crippen LogP contribution in [0.3, 0.4) is 0 Å². The second-order valence-corrected chi connectivity index (χ2v) is 13.4. The Morgan fingerprint density at radius 2 is 0.818 bits per heavy atom. The quantitative estimate of drug-likeness (QED) is 0.0916. The van der Waals surface area contributed by atoms with E-state index in [1.165, 1.54) is 11.1 Å². The number of ether oxygens (including phenoxy) is 8. The van der Waals surface area contributed by atoms with Crippen LogP contribution in [0.25, 0.3) is 0 Å². The van der Waals surface area contributed by atoms with Gasteiger partial charge in [-0.05, 0) is 145 Å². The molecule has 0 atom stereocenters. The molecule has 1 aliphatic heterocycles. The molecule has 55 heavy (non-hydrogen) atoms. The van der Waals surface area contributed by atoms with E-state index in [2.05, 4.69) is 48.5 Å². The van der Waals surface area contributed by atoms with Crippen molar-refractivity contribution in [3.05, 3.63) is 155 Å². The van der Waals surface area contributed by atoms with E-state index in [-0.39, 0.29) is 6.79 Å². The number of benzene rings is 6. The van der Waals surface area contributed by atoms with Gasteiger partial charge in [-0.15, -0.1) is 0 Å². The molecule has 0 amide bonds. The Morgan fingerprint density at radius 1 is 0.400 bits per heavy atom. The van der Waals surface area contributed by atoms with Crippen molar-refractivity contribution in [3.8, 4) is 57.5 Å². The molecule has 0 unspecified atom stereocenters. The van der Waals surface area contributed by atoms with Gasteiger partial charge in [-0.2, -0.15) is 0 Å². The van der Waals surface area contributed by atoms with Gasteiger partial charge >= 0.3 is 0 Å². The molecule has 8 heteroatoms. The Labute approximate surface area is 323 Å². The lowest BCUT2D eigenvalue weighted by Gasteiger charge is -2.18. The van der Waals surface area contributed by atoms with Gasteiger partial charge in [0.15, 0.2) is 23.0 Å². The van der Waals surface area contributed by atoms with Crippen LogP contribution in [0.15, 0.2) is 121 Å². The Bertz CT molecular complexity index is 2110. The van der Waals surface area contributed by atoms with E-state index in [0.29, 0.717) is 52.4 Å². The molecule has 1 aliphatic rings. The van der Waals surface area contributed by atoms with E-state index < -0.39 is 0 Å². The van der Waals surface area contributed by atoms with Gasteiger partial charge in [0.2, 0.25) is 18.3 Å². The van der Waals surface area contributed by atoms with Crippen molar-refractivity contribution in [1.29, 1.82) is 0 Å². The molecule has 0 bridgehead atoms. The number of hydrogen-bond acceptors (Lipinski definition) is 8. The molecule has 1 heterocycles. The Kier molecular flexibility index (Phi) is 11.9. The molecule has 0 aromatic heterocycles. The van der Waals surface area contributed by atoms with Crippen LogP contribution in [-0.4, -0.2) is 35.2 Å². The number of aryl methyl sites for hydroxylation is 6. The first-order valence-electron chi connectivity index (χ1n) is 18.5. The Hall–Kier alpha value is -6.28. The summed E-state index contributed by atoms with van der Waals surface area (Å²) < 4.78 is 47.0. The van der Waals surface area contributed by atoms with Crippen LogP contribution in [-0.2, 0) is 38.5 Å². The van der Waals surface area contributed by atoms with Crippen molar-refractivity contribution in [3.63, 3.8) is 0 Å².